The number of fused-ring (bicyclic) bond motifs is 1. The number of benzene rings is 2. The molecule has 0 saturated carbocycles. The lowest BCUT2D eigenvalue weighted by atomic mass is 9.96. The van der Waals surface area contributed by atoms with Gasteiger partial charge in [0, 0.05) is 13.6 Å². The minimum absolute atomic E-state index is 0.0976. The average Bonchev–Trinajstić information content (AvgIpc) is 2.77. The van der Waals surface area contributed by atoms with Crippen LogP contribution < -0.4 is 5.69 Å². The summed E-state index contributed by atoms with van der Waals surface area (Å²) < 4.78 is 43.1. The van der Waals surface area contributed by atoms with Crippen molar-refractivity contribution in [3.8, 4) is 11.1 Å². The molecule has 0 aliphatic carbocycles. The summed E-state index contributed by atoms with van der Waals surface area (Å²) in [7, 11) is 1.64. The van der Waals surface area contributed by atoms with Crippen molar-refractivity contribution in [1.29, 1.82) is 0 Å². The summed E-state index contributed by atoms with van der Waals surface area (Å²) in [5, 5.41) is 0. The Balaban J connectivity index is 2.22. The summed E-state index contributed by atoms with van der Waals surface area (Å²) in [5.74, 6) is 0. The van der Waals surface area contributed by atoms with Gasteiger partial charge in [0.1, 0.15) is 0 Å². The Hall–Kier alpha value is -2.50. The van der Waals surface area contributed by atoms with Crippen molar-refractivity contribution < 1.29 is 13.2 Å². The van der Waals surface area contributed by atoms with E-state index in [4.69, 9.17) is 0 Å². The van der Waals surface area contributed by atoms with Gasteiger partial charge in [0.05, 0.1) is 16.6 Å². The Labute approximate surface area is 149 Å². The number of rotatable bonds is 2. The molecule has 0 fully saturated rings. The standard InChI is InChI=1S/C20H21F3N2O/c1-19(2,3)12-25-16-10-9-13(11-17(16)24(4)18(25)26)14-7-5-6-8-15(14)20(21,22)23/h5-11H,12H2,1-4H3. The van der Waals surface area contributed by atoms with E-state index < -0.39 is 11.7 Å². The first-order chi connectivity index (χ1) is 12.0. The lowest BCUT2D eigenvalue weighted by Crippen LogP contribution is -2.27. The second-order valence-electron chi connectivity index (χ2n) is 7.74. The molecule has 0 atom stereocenters. The molecule has 0 aliphatic heterocycles. The van der Waals surface area contributed by atoms with Crippen molar-refractivity contribution >= 4 is 11.0 Å². The van der Waals surface area contributed by atoms with Crippen molar-refractivity contribution in [3.05, 3.63) is 58.5 Å². The van der Waals surface area contributed by atoms with Crippen LogP contribution in [-0.2, 0) is 19.8 Å². The molecule has 0 spiro atoms. The smallest absolute Gasteiger partial charge is 0.295 e. The van der Waals surface area contributed by atoms with Gasteiger partial charge < -0.3 is 0 Å². The van der Waals surface area contributed by atoms with Crippen molar-refractivity contribution in [2.45, 2.75) is 33.5 Å². The minimum Gasteiger partial charge on any atom is -0.295 e. The number of aromatic nitrogens is 2. The van der Waals surface area contributed by atoms with E-state index in [0.717, 1.165) is 11.6 Å². The summed E-state index contributed by atoms with van der Waals surface area (Å²) in [6.45, 7) is 6.63. The SMILES string of the molecule is Cn1c(=O)n(CC(C)(C)C)c2ccc(-c3ccccc3C(F)(F)F)cc21. The molecule has 1 heterocycles. The first-order valence-electron chi connectivity index (χ1n) is 8.35. The number of hydrogen-bond donors (Lipinski definition) is 0. The van der Waals surface area contributed by atoms with Gasteiger partial charge >= 0.3 is 11.9 Å². The second-order valence-corrected chi connectivity index (χ2v) is 7.74. The molecule has 0 unspecified atom stereocenters. The highest BCUT2D eigenvalue weighted by molar-refractivity contribution is 5.83. The molecule has 0 saturated heterocycles. The Morgan fingerprint density at radius 2 is 1.62 bits per heavy atom. The molecule has 0 radical (unpaired) electrons. The third-order valence-electron chi connectivity index (χ3n) is 4.32. The van der Waals surface area contributed by atoms with Crippen molar-refractivity contribution in [2.24, 2.45) is 12.5 Å². The highest BCUT2D eigenvalue weighted by Gasteiger charge is 2.33. The Morgan fingerprint density at radius 1 is 0.962 bits per heavy atom. The first-order valence-corrected chi connectivity index (χ1v) is 8.35. The summed E-state index contributed by atoms with van der Waals surface area (Å²) in [4.78, 5) is 12.6. The van der Waals surface area contributed by atoms with Gasteiger partial charge in [-0.3, -0.25) is 9.13 Å². The maximum Gasteiger partial charge on any atom is 0.417 e. The second kappa shape index (κ2) is 6.04. The number of alkyl halides is 3. The van der Waals surface area contributed by atoms with E-state index in [9.17, 15) is 18.0 Å². The van der Waals surface area contributed by atoms with Crippen LogP contribution in [0.2, 0.25) is 0 Å². The minimum atomic E-state index is -4.43. The zero-order valence-electron chi connectivity index (χ0n) is 15.2. The van der Waals surface area contributed by atoms with Crippen LogP contribution >= 0.6 is 0 Å². The van der Waals surface area contributed by atoms with Gasteiger partial charge in [0.25, 0.3) is 0 Å². The van der Waals surface area contributed by atoms with Gasteiger partial charge in [-0.1, -0.05) is 45.0 Å². The zero-order valence-corrected chi connectivity index (χ0v) is 15.2. The fourth-order valence-electron chi connectivity index (χ4n) is 3.18. The van der Waals surface area contributed by atoms with Crippen LogP contribution in [0.4, 0.5) is 13.2 Å². The molecule has 26 heavy (non-hydrogen) atoms. The summed E-state index contributed by atoms with van der Waals surface area (Å²) in [6.07, 6.45) is -4.43. The van der Waals surface area contributed by atoms with Crippen molar-refractivity contribution in [1.82, 2.24) is 9.13 Å². The third kappa shape index (κ3) is 3.28. The van der Waals surface area contributed by atoms with Crippen LogP contribution in [0.3, 0.4) is 0 Å². The highest BCUT2D eigenvalue weighted by atomic mass is 19.4. The van der Waals surface area contributed by atoms with Gasteiger partial charge in [-0.25, -0.2) is 4.79 Å². The van der Waals surface area contributed by atoms with Crippen molar-refractivity contribution in [3.63, 3.8) is 0 Å². The topological polar surface area (TPSA) is 26.9 Å². The highest BCUT2D eigenvalue weighted by Crippen LogP contribution is 2.37. The molecule has 0 bridgehead atoms. The zero-order chi connectivity index (χ0) is 19.3. The van der Waals surface area contributed by atoms with Gasteiger partial charge in [-0.15, -0.1) is 0 Å². The van der Waals surface area contributed by atoms with E-state index in [0.29, 0.717) is 17.6 Å². The fraction of sp³-hybridized carbons (Fsp3) is 0.350. The third-order valence-corrected chi connectivity index (χ3v) is 4.32. The molecule has 0 amide bonds. The normalized spacial score (nSPS) is 12.7. The molecule has 138 valence electrons. The molecule has 6 heteroatoms. The predicted molar refractivity (Wildman–Crippen MR) is 97.1 cm³/mol. The van der Waals surface area contributed by atoms with Crippen LogP contribution in [0, 0.1) is 5.41 Å². The summed E-state index contributed by atoms with van der Waals surface area (Å²) in [5.41, 5.74) is 0.940. The van der Waals surface area contributed by atoms with Gasteiger partial charge in [0.2, 0.25) is 0 Å². The molecule has 3 nitrogen and oxygen atoms in total. The van der Waals surface area contributed by atoms with Gasteiger partial charge in [0.15, 0.2) is 0 Å². The number of hydrogen-bond acceptors (Lipinski definition) is 1. The quantitative estimate of drug-likeness (QED) is 0.625. The first kappa shape index (κ1) is 18.3. The molecular formula is C20H21F3N2O. The lowest BCUT2D eigenvalue weighted by Gasteiger charge is -2.18. The number of halogens is 3. The summed E-state index contributed by atoms with van der Waals surface area (Å²) in [6, 6.07) is 10.5. The molecule has 2 aromatic carbocycles. The maximum atomic E-state index is 13.3. The largest absolute Gasteiger partial charge is 0.417 e. The van der Waals surface area contributed by atoms with E-state index in [-0.39, 0.29) is 16.7 Å². The number of imidazole rings is 1. The van der Waals surface area contributed by atoms with Gasteiger partial charge in [-0.05, 0) is 34.7 Å². The monoisotopic (exact) mass is 362 g/mol. The molecule has 3 aromatic rings. The Morgan fingerprint density at radius 3 is 2.23 bits per heavy atom. The van der Waals surface area contributed by atoms with Gasteiger partial charge in [-0.2, -0.15) is 13.2 Å². The van der Waals surface area contributed by atoms with Crippen LogP contribution in [0.15, 0.2) is 47.3 Å². The molecule has 0 N–H and O–H groups in total. The van der Waals surface area contributed by atoms with Crippen LogP contribution in [0.25, 0.3) is 22.2 Å². The van der Waals surface area contributed by atoms with E-state index >= 15 is 0 Å². The molecule has 1 aromatic heterocycles. The fourth-order valence-corrected chi connectivity index (χ4v) is 3.18. The van der Waals surface area contributed by atoms with E-state index in [1.807, 2.05) is 20.8 Å². The Kier molecular flexibility index (Phi) is 4.25. The van der Waals surface area contributed by atoms with Crippen molar-refractivity contribution in [2.75, 3.05) is 0 Å². The predicted octanol–water partition coefficient (Wildman–Crippen LogP) is 5.07. The lowest BCUT2D eigenvalue weighted by molar-refractivity contribution is -0.137. The van der Waals surface area contributed by atoms with E-state index in [1.54, 1.807) is 35.9 Å². The summed E-state index contributed by atoms with van der Waals surface area (Å²) >= 11 is 0. The average molecular weight is 362 g/mol. The van der Waals surface area contributed by atoms with Crippen LogP contribution in [-0.4, -0.2) is 9.13 Å². The van der Waals surface area contributed by atoms with E-state index in [1.165, 1.54) is 16.7 Å². The van der Waals surface area contributed by atoms with E-state index in [2.05, 4.69) is 0 Å². The molecule has 3 rings (SSSR count). The van der Waals surface area contributed by atoms with Crippen LogP contribution in [0.5, 0.6) is 0 Å². The molecule has 0 aliphatic rings. The Bertz CT molecular complexity index is 1020. The maximum absolute atomic E-state index is 13.3. The number of nitrogens with zero attached hydrogens (tertiary/aromatic N) is 2. The number of aryl methyl sites for hydroxylation is 1. The molecular weight excluding hydrogens is 341 g/mol. The van der Waals surface area contributed by atoms with Crippen LogP contribution in [0.1, 0.15) is 26.3 Å².